The minimum atomic E-state index is -0.210. The molecule has 30 heavy (non-hydrogen) atoms. The van der Waals surface area contributed by atoms with Crippen LogP contribution >= 0.6 is 0 Å². The van der Waals surface area contributed by atoms with E-state index in [1.165, 1.54) is 0 Å². The summed E-state index contributed by atoms with van der Waals surface area (Å²) in [6.45, 7) is 5.60. The minimum absolute atomic E-state index is 0.0717. The van der Waals surface area contributed by atoms with E-state index in [1.807, 2.05) is 41.3 Å². The summed E-state index contributed by atoms with van der Waals surface area (Å²) in [5, 5.41) is 0.794. The van der Waals surface area contributed by atoms with Gasteiger partial charge in [-0.25, -0.2) is 0 Å². The number of fused-ring (bicyclic) bond motifs is 2. The van der Waals surface area contributed by atoms with Gasteiger partial charge in [-0.1, -0.05) is 24.3 Å². The van der Waals surface area contributed by atoms with Gasteiger partial charge in [-0.2, -0.15) is 0 Å². The third-order valence-corrected chi connectivity index (χ3v) is 5.88. The Kier molecular flexibility index (Phi) is 4.67. The number of pyridine rings is 1. The normalized spacial score (nSPS) is 16.2. The number of carbonyl (C=O) groups is 1. The van der Waals surface area contributed by atoms with Crippen LogP contribution in [0.5, 0.6) is 11.5 Å². The predicted octanol–water partition coefficient (Wildman–Crippen LogP) is 2.52. The predicted molar refractivity (Wildman–Crippen MR) is 113 cm³/mol. The molecule has 1 amide bonds. The zero-order valence-corrected chi connectivity index (χ0v) is 16.8. The SMILES string of the molecule is Cc1c(C(=O)N2CCN(Cc3ccc4c(c3)OCO4)CC2)c2ccccc2[nH]c1=O. The Morgan fingerprint density at radius 2 is 1.80 bits per heavy atom. The number of carbonyl (C=O) groups excluding carboxylic acids is 1. The number of nitrogens with zero attached hydrogens (tertiary/aromatic N) is 2. The Hall–Kier alpha value is -3.32. The summed E-state index contributed by atoms with van der Waals surface area (Å²) in [6, 6.07) is 13.5. The Labute approximate surface area is 173 Å². The van der Waals surface area contributed by atoms with Gasteiger partial charge >= 0.3 is 0 Å². The number of nitrogens with one attached hydrogen (secondary N) is 1. The summed E-state index contributed by atoms with van der Waals surface area (Å²) in [7, 11) is 0. The fourth-order valence-corrected chi connectivity index (χ4v) is 4.18. The van der Waals surface area contributed by atoms with Crippen LogP contribution in [-0.2, 0) is 6.54 Å². The van der Waals surface area contributed by atoms with Crippen molar-refractivity contribution in [3.8, 4) is 11.5 Å². The van der Waals surface area contributed by atoms with E-state index in [4.69, 9.17) is 9.47 Å². The minimum Gasteiger partial charge on any atom is -0.454 e. The lowest BCUT2D eigenvalue weighted by atomic mass is 10.0. The highest BCUT2D eigenvalue weighted by atomic mass is 16.7. The molecule has 7 nitrogen and oxygen atoms in total. The zero-order chi connectivity index (χ0) is 20.7. The molecular weight excluding hydrogens is 382 g/mol. The molecule has 2 aromatic carbocycles. The molecule has 1 aromatic heterocycles. The molecule has 154 valence electrons. The largest absolute Gasteiger partial charge is 0.454 e. The summed E-state index contributed by atoms with van der Waals surface area (Å²) in [5.41, 5.74) is 2.63. The molecule has 1 saturated heterocycles. The van der Waals surface area contributed by atoms with E-state index in [2.05, 4.69) is 16.0 Å². The average molecular weight is 405 g/mol. The van der Waals surface area contributed by atoms with Gasteiger partial charge in [0.2, 0.25) is 6.79 Å². The van der Waals surface area contributed by atoms with Crippen LogP contribution in [0.3, 0.4) is 0 Å². The number of H-pyrrole nitrogens is 1. The first kappa shape index (κ1) is 18.7. The molecule has 0 radical (unpaired) electrons. The summed E-state index contributed by atoms with van der Waals surface area (Å²) in [4.78, 5) is 32.7. The molecule has 1 fully saturated rings. The van der Waals surface area contributed by atoms with Gasteiger partial charge in [0.25, 0.3) is 11.5 Å². The molecule has 0 aliphatic carbocycles. The van der Waals surface area contributed by atoms with Gasteiger partial charge in [0.05, 0.1) is 5.56 Å². The number of piperazine rings is 1. The average Bonchev–Trinajstić information content (AvgIpc) is 3.23. The third kappa shape index (κ3) is 3.31. The van der Waals surface area contributed by atoms with Crippen LogP contribution in [0.2, 0.25) is 0 Å². The maximum Gasteiger partial charge on any atom is 0.255 e. The Morgan fingerprint density at radius 1 is 1.03 bits per heavy atom. The van der Waals surface area contributed by atoms with Crippen molar-refractivity contribution in [3.05, 3.63) is 69.5 Å². The Morgan fingerprint density at radius 3 is 2.63 bits per heavy atom. The lowest BCUT2D eigenvalue weighted by Gasteiger charge is -2.35. The van der Waals surface area contributed by atoms with Gasteiger partial charge in [-0.3, -0.25) is 14.5 Å². The van der Waals surface area contributed by atoms with Gasteiger partial charge < -0.3 is 19.4 Å². The maximum atomic E-state index is 13.3. The monoisotopic (exact) mass is 405 g/mol. The van der Waals surface area contributed by atoms with Crippen LogP contribution in [0.25, 0.3) is 10.9 Å². The van der Waals surface area contributed by atoms with E-state index in [1.54, 1.807) is 6.92 Å². The molecule has 5 rings (SSSR count). The number of hydrogen-bond acceptors (Lipinski definition) is 5. The van der Waals surface area contributed by atoms with Gasteiger partial charge in [0, 0.05) is 49.2 Å². The Bertz CT molecular complexity index is 1180. The number of benzene rings is 2. The van der Waals surface area contributed by atoms with E-state index in [-0.39, 0.29) is 18.3 Å². The van der Waals surface area contributed by atoms with Crippen molar-refractivity contribution in [3.63, 3.8) is 0 Å². The molecule has 0 bridgehead atoms. The molecule has 3 heterocycles. The molecular formula is C23H23N3O4. The van der Waals surface area contributed by atoms with E-state index >= 15 is 0 Å². The standard InChI is InChI=1S/C23H23N3O4/c1-15-21(17-4-2-3-5-18(17)24-22(15)27)23(28)26-10-8-25(9-11-26)13-16-6-7-19-20(12-16)30-14-29-19/h2-7,12H,8-11,13-14H2,1H3,(H,24,27). The van der Waals surface area contributed by atoms with Crippen LogP contribution in [0.1, 0.15) is 21.5 Å². The fraction of sp³-hybridized carbons (Fsp3) is 0.304. The highest BCUT2D eigenvalue weighted by Crippen LogP contribution is 2.33. The van der Waals surface area contributed by atoms with Crippen LogP contribution in [-0.4, -0.2) is 53.7 Å². The van der Waals surface area contributed by atoms with Crippen molar-refractivity contribution in [2.45, 2.75) is 13.5 Å². The van der Waals surface area contributed by atoms with Gasteiger partial charge in [-0.05, 0) is 30.7 Å². The van der Waals surface area contributed by atoms with Crippen LogP contribution in [0.4, 0.5) is 0 Å². The summed E-state index contributed by atoms with van der Waals surface area (Å²) in [6.07, 6.45) is 0. The quantitative estimate of drug-likeness (QED) is 0.725. The number of aromatic nitrogens is 1. The van der Waals surface area contributed by atoms with Gasteiger partial charge in [-0.15, -0.1) is 0 Å². The van der Waals surface area contributed by atoms with Crippen molar-refractivity contribution in [2.75, 3.05) is 33.0 Å². The van der Waals surface area contributed by atoms with E-state index in [0.29, 0.717) is 29.7 Å². The summed E-state index contributed by atoms with van der Waals surface area (Å²) in [5.74, 6) is 1.50. The molecule has 0 saturated carbocycles. The van der Waals surface area contributed by atoms with Crippen LogP contribution < -0.4 is 15.0 Å². The zero-order valence-electron chi connectivity index (χ0n) is 16.8. The molecule has 1 N–H and O–H groups in total. The fourth-order valence-electron chi connectivity index (χ4n) is 4.18. The second-order valence-corrected chi connectivity index (χ2v) is 7.76. The third-order valence-electron chi connectivity index (χ3n) is 5.88. The van der Waals surface area contributed by atoms with Crippen LogP contribution in [0.15, 0.2) is 47.3 Å². The first-order chi connectivity index (χ1) is 14.6. The van der Waals surface area contributed by atoms with Crippen molar-refractivity contribution in [1.29, 1.82) is 0 Å². The summed E-state index contributed by atoms with van der Waals surface area (Å²) < 4.78 is 10.8. The van der Waals surface area contributed by atoms with Crippen molar-refractivity contribution < 1.29 is 14.3 Å². The highest BCUT2D eigenvalue weighted by Gasteiger charge is 2.26. The molecule has 7 heteroatoms. The first-order valence-electron chi connectivity index (χ1n) is 10.1. The lowest BCUT2D eigenvalue weighted by molar-refractivity contribution is 0.0629. The second kappa shape index (κ2) is 7.50. The van der Waals surface area contributed by atoms with Crippen molar-refractivity contribution in [1.82, 2.24) is 14.8 Å². The molecule has 0 unspecified atom stereocenters. The first-order valence-corrected chi connectivity index (χ1v) is 10.1. The molecule has 0 atom stereocenters. The van der Waals surface area contributed by atoms with Gasteiger partial charge in [0.1, 0.15) is 0 Å². The number of aromatic amines is 1. The van der Waals surface area contributed by atoms with E-state index in [9.17, 15) is 9.59 Å². The van der Waals surface area contributed by atoms with Gasteiger partial charge in [0.15, 0.2) is 11.5 Å². The molecule has 2 aliphatic rings. The van der Waals surface area contributed by atoms with Crippen molar-refractivity contribution >= 4 is 16.8 Å². The number of para-hydroxylation sites is 1. The van der Waals surface area contributed by atoms with Crippen molar-refractivity contribution in [2.24, 2.45) is 0 Å². The maximum absolute atomic E-state index is 13.3. The smallest absolute Gasteiger partial charge is 0.255 e. The number of amides is 1. The van der Waals surface area contributed by atoms with E-state index in [0.717, 1.165) is 42.1 Å². The molecule has 2 aliphatic heterocycles. The van der Waals surface area contributed by atoms with E-state index < -0.39 is 0 Å². The van der Waals surface area contributed by atoms with Crippen LogP contribution in [0, 0.1) is 6.92 Å². The number of rotatable bonds is 3. The Balaban J connectivity index is 1.30. The summed E-state index contributed by atoms with van der Waals surface area (Å²) >= 11 is 0. The highest BCUT2D eigenvalue weighted by molar-refractivity contribution is 6.07. The second-order valence-electron chi connectivity index (χ2n) is 7.76. The topological polar surface area (TPSA) is 74.9 Å². The number of hydrogen-bond donors (Lipinski definition) is 1. The number of ether oxygens (including phenoxy) is 2. The molecule has 0 spiro atoms. The molecule has 3 aromatic rings. The lowest BCUT2D eigenvalue weighted by Crippen LogP contribution is -2.48.